The molecule has 1 heterocycles. The number of aliphatic hydroxyl groups is 2. The van der Waals surface area contributed by atoms with Gasteiger partial charge in [-0.25, -0.2) is 0 Å². The number of hydrogen-bond donors (Lipinski definition) is 3. The van der Waals surface area contributed by atoms with Crippen LogP contribution in [0.15, 0.2) is 16.5 Å². The zero-order chi connectivity index (χ0) is 12.0. The molecule has 0 unspecified atom stereocenters. The van der Waals surface area contributed by atoms with Gasteiger partial charge < -0.3 is 19.9 Å². The summed E-state index contributed by atoms with van der Waals surface area (Å²) in [4.78, 5) is 0. The van der Waals surface area contributed by atoms with Gasteiger partial charge >= 0.3 is 0 Å². The average Bonchev–Trinajstić information content (AvgIpc) is 2.80. The van der Waals surface area contributed by atoms with Crippen molar-refractivity contribution in [3.8, 4) is 0 Å². The first-order valence-corrected chi connectivity index (χ1v) is 5.74. The van der Waals surface area contributed by atoms with E-state index in [1.807, 2.05) is 19.9 Å². The van der Waals surface area contributed by atoms with Gasteiger partial charge in [0, 0.05) is 5.54 Å². The first-order chi connectivity index (χ1) is 7.69. The van der Waals surface area contributed by atoms with Gasteiger partial charge in [0.15, 0.2) is 0 Å². The first-order valence-electron chi connectivity index (χ1n) is 5.74. The fourth-order valence-electron chi connectivity index (χ4n) is 1.66. The van der Waals surface area contributed by atoms with Gasteiger partial charge in [-0.1, -0.05) is 13.8 Å². The molecule has 0 atom stereocenters. The van der Waals surface area contributed by atoms with E-state index in [9.17, 15) is 5.11 Å². The smallest absolute Gasteiger partial charge is 0.129 e. The Morgan fingerprint density at radius 2 is 1.81 bits per heavy atom. The van der Waals surface area contributed by atoms with Crippen LogP contribution < -0.4 is 5.32 Å². The van der Waals surface area contributed by atoms with Crippen molar-refractivity contribution in [2.45, 2.75) is 45.4 Å². The van der Waals surface area contributed by atoms with Crippen molar-refractivity contribution in [1.82, 2.24) is 5.32 Å². The van der Waals surface area contributed by atoms with Crippen LogP contribution in [-0.4, -0.2) is 22.4 Å². The van der Waals surface area contributed by atoms with Gasteiger partial charge in [-0.2, -0.15) is 0 Å². The second-order valence-electron chi connectivity index (χ2n) is 4.03. The lowest BCUT2D eigenvalue weighted by molar-refractivity contribution is 0.146. The molecule has 16 heavy (non-hydrogen) atoms. The predicted molar refractivity (Wildman–Crippen MR) is 61.9 cm³/mol. The van der Waals surface area contributed by atoms with Gasteiger partial charge in [0.2, 0.25) is 0 Å². The van der Waals surface area contributed by atoms with E-state index >= 15 is 0 Å². The molecule has 0 aromatic carbocycles. The molecule has 0 amide bonds. The van der Waals surface area contributed by atoms with Crippen molar-refractivity contribution in [2.75, 3.05) is 6.61 Å². The number of furan rings is 1. The molecule has 0 aliphatic heterocycles. The van der Waals surface area contributed by atoms with E-state index in [-0.39, 0.29) is 18.8 Å². The van der Waals surface area contributed by atoms with Crippen LogP contribution in [0, 0.1) is 0 Å². The van der Waals surface area contributed by atoms with Gasteiger partial charge in [-0.15, -0.1) is 0 Å². The highest BCUT2D eigenvalue weighted by molar-refractivity contribution is 5.06. The maximum absolute atomic E-state index is 9.37. The molecule has 4 heteroatoms. The summed E-state index contributed by atoms with van der Waals surface area (Å²) in [5.74, 6) is 1.35. The average molecular weight is 227 g/mol. The molecule has 92 valence electrons. The second-order valence-corrected chi connectivity index (χ2v) is 4.03. The number of aliphatic hydroxyl groups excluding tert-OH is 2. The molecule has 0 saturated heterocycles. The zero-order valence-electron chi connectivity index (χ0n) is 9.99. The minimum absolute atomic E-state index is 0.0767. The van der Waals surface area contributed by atoms with Gasteiger partial charge in [0.1, 0.15) is 18.1 Å². The lowest BCUT2D eigenvalue weighted by Gasteiger charge is -2.30. The zero-order valence-corrected chi connectivity index (χ0v) is 9.99. The predicted octanol–water partition coefficient (Wildman–Crippen LogP) is 1.41. The Kier molecular flexibility index (Phi) is 4.99. The third-order valence-electron chi connectivity index (χ3n) is 3.17. The van der Waals surface area contributed by atoms with Crippen LogP contribution in [0.25, 0.3) is 0 Å². The molecule has 0 aliphatic carbocycles. The lowest BCUT2D eigenvalue weighted by atomic mass is 9.94. The highest BCUT2D eigenvalue weighted by atomic mass is 16.4. The summed E-state index contributed by atoms with van der Waals surface area (Å²) in [5, 5.41) is 21.5. The van der Waals surface area contributed by atoms with Crippen molar-refractivity contribution in [2.24, 2.45) is 0 Å². The summed E-state index contributed by atoms with van der Waals surface area (Å²) < 4.78 is 5.37. The molecule has 1 aromatic rings. The number of nitrogens with one attached hydrogen (secondary N) is 1. The third kappa shape index (κ3) is 3.07. The molecule has 3 N–H and O–H groups in total. The molecule has 0 bridgehead atoms. The molecule has 1 aromatic heterocycles. The van der Waals surface area contributed by atoms with E-state index in [0.717, 1.165) is 18.6 Å². The molecular formula is C12H21NO3. The largest absolute Gasteiger partial charge is 0.462 e. The van der Waals surface area contributed by atoms with E-state index in [1.165, 1.54) is 0 Å². The van der Waals surface area contributed by atoms with Gasteiger partial charge in [0.25, 0.3) is 0 Å². The topological polar surface area (TPSA) is 65.6 Å². The Morgan fingerprint density at radius 3 is 2.25 bits per heavy atom. The summed E-state index contributed by atoms with van der Waals surface area (Å²) in [7, 11) is 0. The summed E-state index contributed by atoms with van der Waals surface area (Å²) in [6, 6.07) is 3.60. The summed E-state index contributed by atoms with van der Waals surface area (Å²) in [6.07, 6.45) is 1.74. The summed E-state index contributed by atoms with van der Waals surface area (Å²) >= 11 is 0. The van der Waals surface area contributed by atoms with Crippen molar-refractivity contribution in [3.63, 3.8) is 0 Å². The highest BCUT2D eigenvalue weighted by Gasteiger charge is 2.24. The van der Waals surface area contributed by atoms with E-state index in [0.29, 0.717) is 12.3 Å². The van der Waals surface area contributed by atoms with Crippen LogP contribution in [0.5, 0.6) is 0 Å². The quantitative estimate of drug-likeness (QED) is 0.659. The van der Waals surface area contributed by atoms with Crippen LogP contribution in [0.1, 0.15) is 38.2 Å². The molecule has 0 fully saturated rings. The van der Waals surface area contributed by atoms with Gasteiger partial charge in [-0.05, 0) is 25.0 Å². The maximum atomic E-state index is 9.37. The lowest BCUT2D eigenvalue weighted by Crippen LogP contribution is -2.46. The highest BCUT2D eigenvalue weighted by Crippen LogP contribution is 2.16. The van der Waals surface area contributed by atoms with Crippen molar-refractivity contribution in [1.29, 1.82) is 0 Å². The monoisotopic (exact) mass is 227 g/mol. The summed E-state index contributed by atoms with van der Waals surface area (Å²) in [5.41, 5.74) is -0.230. The van der Waals surface area contributed by atoms with Crippen molar-refractivity contribution < 1.29 is 14.6 Å². The Balaban J connectivity index is 2.55. The standard InChI is InChI=1S/C12H21NO3/c1-3-12(4-2,9-15)13-7-10-5-6-11(8-14)16-10/h5-6,13-15H,3-4,7-9H2,1-2H3. The molecule has 1 rings (SSSR count). The Bertz CT molecular complexity index is 297. The second kappa shape index (κ2) is 6.03. The van der Waals surface area contributed by atoms with Gasteiger partial charge in [-0.3, -0.25) is 0 Å². The number of rotatable bonds is 7. The van der Waals surface area contributed by atoms with Crippen molar-refractivity contribution in [3.05, 3.63) is 23.7 Å². The SMILES string of the molecule is CCC(CC)(CO)NCc1ccc(CO)o1. The molecule has 0 saturated carbocycles. The minimum atomic E-state index is -0.230. The fraction of sp³-hybridized carbons (Fsp3) is 0.667. The number of hydrogen-bond acceptors (Lipinski definition) is 4. The van der Waals surface area contributed by atoms with Crippen LogP contribution in [0.2, 0.25) is 0 Å². The van der Waals surface area contributed by atoms with Crippen LogP contribution in [0.3, 0.4) is 0 Å². The summed E-state index contributed by atoms with van der Waals surface area (Å²) in [6.45, 7) is 4.71. The molecule has 4 nitrogen and oxygen atoms in total. The normalized spacial score (nSPS) is 12.0. The minimum Gasteiger partial charge on any atom is -0.462 e. The van der Waals surface area contributed by atoms with E-state index in [2.05, 4.69) is 5.32 Å². The molecular weight excluding hydrogens is 206 g/mol. The van der Waals surface area contributed by atoms with Crippen LogP contribution in [0.4, 0.5) is 0 Å². The Labute approximate surface area is 96.3 Å². The molecule has 0 aliphatic rings. The van der Waals surface area contributed by atoms with Crippen LogP contribution in [-0.2, 0) is 13.2 Å². The molecule has 0 spiro atoms. The first kappa shape index (κ1) is 13.2. The van der Waals surface area contributed by atoms with E-state index in [1.54, 1.807) is 6.07 Å². The van der Waals surface area contributed by atoms with Gasteiger partial charge in [0.05, 0.1) is 13.2 Å². The maximum Gasteiger partial charge on any atom is 0.129 e. The Hall–Kier alpha value is -0.840. The third-order valence-corrected chi connectivity index (χ3v) is 3.17. The van der Waals surface area contributed by atoms with Crippen molar-refractivity contribution >= 4 is 0 Å². The van der Waals surface area contributed by atoms with E-state index < -0.39 is 0 Å². The van der Waals surface area contributed by atoms with Crippen LogP contribution >= 0.6 is 0 Å². The van der Waals surface area contributed by atoms with E-state index in [4.69, 9.17) is 9.52 Å². The Morgan fingerprint density at radius 1 is 1.19 bits per heavy atom. The molecule has 0 radical (unpaired) electrons. The fourth-order valence-corrected chi connectivity index (χ4v) is 1.66.